The van der Waals surface area contributed by atoms with Crippen molar-refractivity contribution in [1.82, 2.24) is 10.2 Å². The van der Waals surface area contributed by atoms with Gasteiger partial charge in [-0.1, -0.05) is 49.9 Å². The highest BCUT2D eigenvalue weighted by Gasteiger charge is 2.11. The Morgan fingerprint density at radius 1 is 1.24 bits per heavy atom. The summed E-state index contributed by atoms with van der Waals surface area (Å²) in [4.78, 5) is 2.37. The molecule has 0 amide bonds. The Morgan fingerprint density at radius 2 is 2.00 bits per heavy atom. The summed E-state index contributed by atoms with van der Waals surface area (Å²) in [6, 6.07) is 9.16. The van der Waals surface area contributed by atoms with Gasteiger partial charge in [-0.15, -0.1) is 0 Å². The Morgan fingerprint density at radius 3 is 2.67 bits per heavy atom. The van der Waals surface area contributed by atoms with Crippen LogP contribution >= 0.6 is 11.6 Å². The van der Waals surface area contributed by atoms with Gasteiger partial charge in [0.1, 0.15) is 0 Å². The molecule has 1 aromatic carbocycles. The van der Waals surface area contributed by atoms with Crippen molar-refractivity contribution in [3.63, 3.8) is 0 Å². The molecule has 1 rings (SSSR count). The number of rotatable bonds is 10. The van der Waals surface area contributed by atoms with Crippen molar-refractivity contribution in [3.05, 3.63) is 34.9 Å². The fraction of sp³-hybridized carbons (Fsp3) is 0.667. The molecule has 2 unspecified atom stereocenters. The quantitative estimate of drug-likeness (QED) is 0.619. The molecule has 0 heterocycles. The third kappa shape index (κ3) is 7.30. The van der Waals surface area contributed by atoms with Crippen LogP contribution in [0.2, 0.25) is 5.02 Å². The summed E-state index contributed by atoms with van der Waals surface area (Å²) in [6.07, 6.45) is 5.26. The van der Waals surface area contributed by atoms with Crippen LogP contribution in [0.3, 0.4) is 0 Å². The molecular formula is C18H31ClN2. The van der Waals surface area contributed by atoms with E-state index < -0.39 is 0 Å². The van der Waals surface area contributed by atoms with Crippen molar-refractivity contribution in [2.75, 3.05) is 20.1 Å². The zero-order valence-corrected chi connectivity index (χ0v) is 14.8. The lowest BCUT2D eigenvalue weighted by atomic mass is 10.1. The molecule has 2 atom stereocenters. The number of hydrogen-bond acceptors (Lipinski definition) is 2. The molecule has 0 aromatic heterocycles. The molecule has 0 aliphatic carbocycles. The maximum absolute atomic E-state index is 6.07. The van der Waals surface area contributed by atoms with Crippen LogP contribution in [0, 0.1) is 0 Å². The van der Waals surface area contributed by atoms with Crippen LogP contribution in [-0.4, -0.2) is 31.1 Å². The van der Waals surface area contributed by atoms with E-state index in [-0.39, 0.29) is 0 Å². The van der Waals surface area contributed by atoms with E-state index in [1.807, 2.05) is 12.1 Å². The van der Waals surface area contributed by atoms with Crippen LogP contribution < -0.4 is 5.32 Å². The van der Waals surface area contributed by atoms with Crippen LogP contribution in [0.25, 0.3) is 0 Å². The average molecular weight is 311 g/mol. The summed E-state index contributed by atoms with van der Waals surface area (Å²) in [7, 11) is 2.18. The third-order valence-electron chi connectivity index (χ3n) is 4.19. The largest absolute Gasteiger partial charge is 0.313 e. The van der Waals surface area contributed by atoms with Gasteiger partial charge >= 0.3 is 0 Å². The molecule has 0 saturated carbocycles. The van der Waals surface area contributed by atoms with Crippen molar-refractivity contribution in [3.8, 4) is 0 Å². The van der Waals surface area contributed by atoms with Gasteiger partial charge in [0.15, 0.2) is 0 Å². The van der Waals surface area contributed by atoms with Crippen LogP contribution in [0.4, 0.5) is 0 Å². The van der Waals surface area contributed by atoms with Gasteiger partial charge < -0.3 is 5.32 Å². The first-order valence-electron chi connectivity index (χ1n) is 8.23. The first-order valence-corrected chi connectivity index (χ1v) is 8.61. The minimum Gasteiger partial charge on any atom is -0.313 e. The van der Waals surface area contributed by atoms with E-state index in [0.29, 0.717) is 12.1 Å². The Kier molecular flexibility index (Phi) is 8.98. The molecule has 0 aliphatic rings. The monoisotopic (exact) mass is 310 g/mol. The van der Waals surface area contributed by atoms with Gasteiger partial charge in [-0.05, 0) is 45.0 Å². The topological polar surface area (TPSA) is 15.3 Å². The van der Waals surface area contributed by atoms with E-state index in [1.165, 1.54) is 31.2 Å². The third-order valence-corrected chi connectivity index (χ3v) is 4.43. The number of benzene rings is 1. The highest BCUT2D eigenvalue weighted by Crippen LogP contribution is 2.21. The normalized spacial score (nSPS) is 14.4. The van der Waals surface area contributed by atoms with Gasteiger partial charge in [-0.3, -0.25) is 4.90 Å². The van der Waals surface area contributed by atoms with Crippen molar-refractivity contribution in [2.24, 2.45) is 0 Å². The van der Waals surface area contributed by atoms with Crippen molar-refractivity contribution >= 4 is 11.6 Å². The number of halogens is 1. The standard InChI is InChI=1S/C18H31ClN2/c1-5-6-7-9-15(2)20-12-13-21(4)16(3)17-10-8-11-18(19)14-17/h8,10-11,14-16,20H,5-7,9,12-13H2,1-4H3. The Bertz CT molecular complexity index is 395. The lowest BCUT2D eigenvalue weighted by Crippen LogP contribution is -2.35. The number of nitrogens with one attached hydrogen (secondary N) is 1. The van der Waals surface area contributed by atoms with Gasteiger partial charge in [-0.25, -0.2) is 0 Å². The molecule has 0 bridgehead atoms. The molecular weight excluding hydrogens is 280 g/mol. The second-order valence-electron chi connectivity index (χ2n) is 6.06. The maximum Gasteiger partial charge on any atom is 0.0409 e. The van der Waals surface area contributed by atoms with Crippen LogP contribution in [0.1, 0.15) is 58.1 Å². The molecule has 2 nitrogen and oxygen atoms in total. The van der Waals surface area contributed by atoms with Crippen LogP contribution in [-0.2, 0) is 0 Å². The SMILES string of the molecule is CCCCCC(C)NCCN(C)C(C)c1cccc(Cl)c1. The van der Waals surface area contributed by atoms with Gasteiger partial charge in [-0.2, -0.15) is 0 Å². The highest BCUT2D eigenvalue weighted by atomic mass is 35.5. The van der Waals surface area contributed by atoms with E-state index in [4.69, 9.17) is 11.6 Å². The van der Waals surface area contributed by atoms with Crippen molar-refractivity contribution in [2.45, 2.75) is 58.5 Å². The van der Waals surface area contributed by atoms with E-state index in [9.17, 15) is 0 Å². The molecule has 0 fully saturated rings. The Labute approximate surface area is 135 Å². The van der Waals surface area contributed by atoms with Crippen molar-refractivity contribution in [1.29, 1.82) is 0 Å². The van der Waals surface area contributed by atoms with E-state index >= 15 is 0 Å². The van der Waals surface area contributed by atoms with E-state index in [1.54, 1.807) is 0 Å². The van der Waals surface area contributed by atoms with E-state index in [0.717, 1.165) is 18.1 Å². The first kappa shape index (κ1) is 18.5. The lowest BCUT2D eigenvalue weighted by Gasteiger charge is -2.26. The van der Waals surface area contributed by atoms with Gasteiger partial charge in [0.25, 0.3) is 0 Å². The molecule has 0 saturated heterocycles. The molecule has 1 N–H and O–H groups in total. The first-order chi connectivity index (χ1) is 10.0. The fourth-order valence-corrected chi connectivity index (χ4v) is 2.70. The van der Waals surface area contributed by atoms with Crippen LogP contribution in [0.15, 0.2) is 24.3 Å². The smallest absolute Gasteiger partial charge is 0.0409 e. The lowest BCUT2D eigenvalue weighted by molar-refractivity contribution is 0.257. The number of hydrogen-bond donors (Lipinski definition) is 1. The second kappa shape index (κ2) is 10.2. The zero-order valence-electron chi connectivity index (χ0n) is 14.0. The number of nitrogens with zero attached hydrogens (tertiary/aromatic N) is 1. The Balaban J connectivity index is 2.28. The summed E-state index contributed by atoms with van der Waals surface area (Å²) in [6.45, 7) is 8.86. The molecule has 0 radical (unpaired) electrons. The molecule has 0 spiro atoms. The van der Waals surface area contributed by atoms with E-state index in [2.05, 4.69) is 50.2 Å². The van der Waals surface area contributed by atoms with Crippen molar-refractivity contribution < 1.29 is 0 Å². The average Bonchev–Trinajstić information content (AvgIpc) is 2.46. The molecule has 120 valence electrons. The predicted octanol–water partition coefficient (Wildman–Crippen LogP) is 4.89. The summed E-state index contributed by atoms with van der Waals surface area (Å²) in [5.74, 6) is 0. The predicted molar refractivity (Wildman–Crippen MR) is 94.1 cm³/mol. The summed E-state index contributed by atoms with van der Waals surface area (Å²) < 4.78 is 0. The maximum atomic E-state index is 6.07. The second-order valence-corrected chi connectivity index (χ2v) is 6.50. The Hall–Kier alpha value is -0.570. The molecule has 0 aliphatic heterocycles. The summed E-state index contributed by atoms with van der Waals surface area (Å²) in [5, 5.41) is 4.44. The van der Waals surface area contributed by atoms with Gasteiger partial charge in [0, 0.05) is 30.2 Å². The minimum absolute atomic E-state index is 0.390. The summed E-state index contributed by atoms with van der Waals surface area (Å²) >= 11 is 6.07. The molecule has 21 heavy (non-hydrogen) atoms. The molecule has 3 heteroatoms. The number of likely N-dealkylation sites (N-methyl/N-ethyl adjacent to an activating group) is 1. The summed E-state index contributed by atoms with van der Waals surface area (Å²) in [5.41, 5.74) is 1.28. The fourth-order valence-electron chi connectivity index (χ4n) is 2.50. The van der Waals surface area contributed by atoms with Crippen LogP contribution in [0.5, 0.6) is 0 Å². The van der Waals surface area contributed by atoms with Gasteiger partial charge in [0.2, 0.25) is 0 Å². The molecule has 1 aromatic rings. The minimum atomic E-state index is 0.390. The zero-order chi connectivity index (χ0) is 15.7. The highest BCUT2D eigenvalue weighted by molar-refractivity contribution is 6.30. The van der Waals surface area contributed by atoms with Gasteiger partial charge in [0.05, 0.1) is 0 Å². The number of unbranched alkanes of at least 4 members (excludes halogenated alkanes) is 2.